The van der Waals surface area contributed by atoms with Crippen LogP contribution in [0.2, 0.25) is 5.02 Å². The lowest BCUT2D eigenvalue weighted by molar-refractivity contribution is -0.138. The largest absolute Gasteiger partial charge is 0.493 e. The van der Waals surface area contributed by atoms with Gasteiger partial charge in [0.1, 0.15) is 0 Å². The van der Waals surface area contributed by atoms with E-state index in [9.17, 15) is 4.79 Å². The van der Waals surface area contributed by atoms with Gasteiger partial charge in [-0.3, -0.25) is 4.79 Å². The second kappa shape index (κ2) is 9.43. The van der Waals surface area contributed by atoms with Crippen LogP contribution < -0.4 is 9.47 Å². The molecule has 0 aliphatic heterocycles. The fourth-order valence-corrected chi connectivity index (χ4v) is 2.87. The van der Waals surface area contributed by atoms with Crippen molar-refractivity contribution in [3.8, 4) is 22.9 Å². The van der Waals surface area contributed by atoms with Gasteiger partial charge < -0.3 is 18.9 Å². The second-order valence-corrected chi connectivity index (χ2v) is 6.81. The number of aromatic nitrogens is 2. The number of benzene rings is 2. The van der Waals surface area contributed by atoms with Gasteiger partial charge in [-0.1, -0.05) is 35.8 Å². The number of halogens is 1. The van der Waals surface area contributed by atoms with Crippen LogP contribution in [0.1, 0.15) is 19.2 Å². The zero-order valence-electron chi connectivity index (χ0n) is 16.5. The van der Waals surface area contributed by atoms with Gasteiger partial charge >= 0.3 is 0 Å². The molecule has 7 nitrogen and oxygen atoms in total. The molecule has 1 aromatic heterocycles. The Kier molecular flexibility index (Phi) is 6.72. The van der Waals surface area contributed by atoms with Crippen molar-refractivity contribution in [1.29, 1.82) is 0 Å². The van der Waals surface area contributed by atoms with Gasteiger partial charge in [0, 0.05) is 17.6 Å². The van der Waals surface area contributed by atoms with Gasteiger partial charge in [-0.25, -0.2) is 0 Å². The number of rotatable bonds is 8. The lowest BCUT2D eigenvalue weighted by Gasteiger charge is -2.23. The van der Waals surface area contributed by atoms with E-state index in [1.54, 1.807) is 50.6 Å². The van der Waals surface area contributed by atoms with Crippen LogP contribution in [-0.4, -0.2) is 41.2 Å². The lowest BCUT2D eigenvalue weighted by Crippen LogP contribution is -2.39. The van der Waals surface area contributed by atoms with E-state index >= 15 is 0 Å². The molecule has 0 N–H and O–H groups in total. The first-order valence-corrected chi connectivity index (χ1v) is 9.52. The number of hydrogen-bond acceptors (Lipinski definition) is 6. The molecule has 8 heteroatoms. The van der Waals surface area contributed by atoms with Gasteiger partial charge in [0.05, 0.1) is 13.7 Å². The summed E-state index contributed by atoms with van der Waals surface area (Å²) in [6.07, 6.45) is -0.156. The molecule has 3 aromatic rings. The van der Waals surface area contributed by atoms with Gasteiger partial charge in [-0.05, 0) is 42.8 Å². The molecule has 0 spiro atoms. The molecule has 1 unspecified atom stereocenters. The third-order valence-corrected chi connectivity index (χ3v) is 4.56. The third kappa shape index (κ3) is 5.06. The maximum atomic E-state index is 12.9. The zero-order chi connectivity index (χ0) is 20.8. The van der Waals surface area contributed by atoms with Crippen molar-refractivity contribution < 1.29 is 18.8 Å². The van der Waals surface area contributed by atoms with E-state index in [1.807, 2.05) is 19.1 Å². The summed E-state index contributed by atoms with van der Waals surface area (Å²) in [5, 5.41) is 4.60. The van der Waals surface area contributed by atoms with Crippen LogP contribution in [0.5, 0.6) is 11.5 Å². The summed E-state index contributed by atoms with van der Waals surface area (Å²) in [5.41, 5.74) is 0.782. The number of nitrogens with zero attached hydrogens (tertiary/aromatic N) is 3. The van der Waals surface area contributed by atoms with Crippen LogP contribution >= 0.6 is 11.6 Å². The van der Waals surface area contributed by atoms with Crippen LogP contribution in [0.15, 0.2) is 53.1 Å². The number of likely N-dealkylation sites (N-methyl/N-ethyl adjacent to an activating group) is 1. The predicted molar refractivity (Wildman–Crippen MR) is 109 cm³/mol. The van der Waals surface area contributed by atoms with Crippen molar-refractivity contribution >= 4 is 17.5 Å². The molecule has 0 fully saturated rings. The Morgan fingerprint density at radius 3 is 2.52 bits per heavy atom. The molecule has 0 aliphatic rings. The van der Waals surface area contributed by atoms with E-state index in [2.05, 4.69) is 10.1 Å². The van der Waals surface area contributed by atoms with Crippen LogP contribution in [0.4, 0.5) is 0 Å². The quantitative estimate of drug-likeness (QED) is 0.548. The van der Waals surface area contributed by atoms with Gasteiger partial charge in [-0.15, -0.1) is 0 Å². The maximum Gasteiger partial charge on any atom is 0.263 e. The zero-order valence-corrected chi connectivity index (χ0v) is 17.2. The van der Waals surface area contributed by atoms with E-state index in [0.29, 0.717) is 34.7 Å². The average molecular weight is 416 g/mol. The summed E-state index contributed by atoms with van der Waals surface area (Å²) in [5.74, 6) is 1.68. The number of carbonyl (C=O) groups excluding carboxylic acids is 1. The summed E-state index contributed by atoms with van der Waals surface area (Å²) in [4.78, 5) is 18.7. The van der Waals surface area contributed by atoms with E-state index < -0.39 is 6.10 Å². The third-order valence-electron chi connectivity index (χ3n) is 4.30. The summed E-state index contributed by atoms with van der Waals surface area (Å²) in [6.45, 7) is 2.06. The molecule has 0 saturated carbocycles. The van der Waals surface area contributed by atoms with Crippen molar-refractivity contribution in [2.45, 2.75) is 26.0 Å². The molecule has 0 aliphatic carbocycles. The molecule has 152 valence electrons. The highest BCUT2D eigenvalue weighted by Crippen LogP contribution is 2.28. The monoisotopic (exact) mass is 415 g/mol. The fourth-order valence-electron chi connectivity index (χ4n) is 2.74. The number of methoxy groups -OCH3 is 1. The Morgan fingerprint density at radius 1 is 1.17 bits per heavy atom. The van der Waals surface area contributed by atoms with Crippen LogP contribution in [0, 0.1) is 0 Å². The summed E-state index contributed by atoms with van der Waals surface area (Å²) >= 11 is 5.90. The Bertz CT molecular complexity index is 959. The van der Waals surface area contributed by atoms with Crippen molar-refractivity contribution in [3.63, 3.8) is 0 Å². The van der Waals surface area contributed by atoms with E-state index in [-0.39, 0.29) is 12.5 Å². The number of carbonyl (C=O) groups is 1. The van der Waals surface area contributed by atoms with Gasteiger partial charge in [0.15, 0.2) is 17.6 Å². The lowest BCUT2D eigenvalue weighted by atomic mass is 10.2. The number of hydrogen-bond donors (Lipinski definition) is 0. The van der Waals surface area contributed by atoms with Crippen molar-refractivity contribution in [2.24, 2.45) is 0 Å². The normalized spacial score (nSPS) is 11.7. The van der Waals surface area contributed by atoms with Crippen molar-refractivity contribution in [2.75, 3.05) is 14.2 Å². The maximum absolute atomic E-state index is 12.9. The first-order chi connectivity index (χ1) is 14.0. The molecule has 29 heavy (non-hydrogen) atoms. The Morgan fingerprint density at radius 2 is 1.86 bits per heavy atom. The molecule has 0 bridgehead atoms. The van der Waals surface area contributed by atoms with Crippen molar-refractivity contribution in [3.05, 3.63) is 59.4 Å². The van der Waals surface area contributed by atoms with Gasteiger partial charge in [0.25, 0.3) is 5.91 Å². The highest BCUT2D eigenvalue weighted by Gasteiger charge is 2.25. The molecular formula is C21H22ClN3O4. The SMILES string of the molecule is CCC(Oc1ccccc1OC)C(=O)N(C)Cc1nc(-c2ccc(Cl)cc2)no1. The molecule has 0 saturated heterocycles. The highest BCUT2D eigenvalue weighted by atomic mass is 35.5. The number of amides is 1. The van der Waals surface area contributed by atoms with Crippen LogP contribution in [0.3, 0.4) is 0 Å². The van der Waals surface area contributed by atoms with Crippen LogP contribution in [0.25, 0.3) is 11.4 Å². The van der Waals surface area contributed by atoms with Crippen molar-refractivity contribution in [1.82, 2.24) is 15.0 Å². The molecule has 2 aromatic carbocycles. The highest BCUT2D eigenvalue weighted by molar-refractivity contribution is 6.30. The second-order valence-electron chi connectivity index (χ2n) is 6.38. The molecule has 3 rings (SSSR count). The number of para-hydroxylation sites is 2. The molecular weight excluding hydrogens is 394 g/mol. The van der Waals surface area contributed by atoms with Crippen LogP contribution in [-0.2, 0) is 11.3 Å². The smallest absolute Gasteiger partial charge is 0.263 e. The topological polar surface area (TPSA) is 77.7 Å². The minimum atomic E-state index is -0.657. The first kappa shape index (κ1) is 20.7. The standard InChI is InChI=1S/C21H22ClN3O4/c1-4-16(28-18-8-6-5-7-17(18)27-3)21(26)25(2)13-19-23-20(24-29-19)14-9-11-15(22)12-10-14/h5-12,16H,4,13H2,1-3H3. The summed E-state index contributed by atoms with van der Waals surface area (Å²) in [7, 11) is 3.23. The fraction of sp³-hybridized carbons (Fsp3) is 0.286. The summed E-state index contributed by atoms with van der Waals surface area (Å²) in [6, 6.07) is 14.3. The minimum absolute atomic E-state index is 0.172. The molecule has 1 atom stereocenters. The Hall–Kier alpha value is -3.06. The predicted octanol–water partition coefficient (Wildman–Crippen LogP) is 4.21. The Labute approximate surface area is 174 Å². The Balaban J connectivity index is 1.67. The molecule has 1 heterocycles. The summed E-state index contributed by atoms with van der Waals surface area (Å²) < 4.78 is 16.5. The van der Waals surface area contributed by atoms with Gasteiger partial charge in [0.2, 0.25) is 11.7 Å². The van der Waals surface area contributed by atoms with E-state index in [0.717, 1.165) is 5.56 Å². The number of ether oxygens (including phenoxy) is 2. The van der Waals surface area contributed by atoms with Gasteiger partial charge in [-0.2, -0.15) is 4.98 Å². The minimum Gasteiger partial charge on any atom is -0.493 e. The molecule has 0 radical (unpaired) electrons. The van der Waals surface area contributed by atoms with E-state index in [1.165, 1.54) is 4.90 Å². The molecule has 1 amide bonds. The average Bonchev–Trinajstić information content (AvgIpc) is 3.20. The first-order valence-electron chi connectivity index (χ1n) is 9.15. The van der Waals surface area contributed by atoms with E-state index in [4.69, 9.17) is 25.6 Å².